The lowest BCUT2D eigenvalue weighted by Crippen LogP contribution is -2.45. The smallest absolute Gasteiger partial charge is 0.307 e. The highest BCUT2D eigenvalue weighted by molar-refractivity contribution is 5.69. The third-order valence-electron chi connectivity index (χ3n) is 4.22. The summed E-state index contributed by atoms with van der Waals surface area (Å²) in [6.07, 6.45) is 3.83. The topological polar surface area (TPSA) is 40.5 Å². The standard InChI is InChI=1S/C14H27NO2/c1-5-15(9-12(4)14(16)17)13-8-10(2)6-7-11(13)3/h10-13H,5-9H2,1-4H3,(H,16,17). The molecule has 0 saturated heterocycles. The molecule has 3 nitrogen and oxygen atoms in total. The number of rotatable bonds is 5. The van der Waals surface area contributed by atoms with Gasteiger partial charge in [-0.2, -0.15) is 0 Å². The molecule has 1 aliphatic carbocycles. The summed E-state index contributed by atoms with van der Waals surface area (Å²) in [6, 6.07) is 0.575. The summed E-state index contributed by atoms with van der Waals surface area (Å²) in [7, 11) is 0. The van der Waals surface area contributed by atoms with Crippen LogP contribution in [0.4, 0.5) is 0 Å². The van der Waals surface area contributed by atoms with Crippen LogP contribution in [-0.4, -0.2) is 35.1 Å². The molecule has 0 heterocycles. The molecule has 1 rings (SSSR count). The van der Waals surface area contributed by atoms with E-state index >= 15 is 0 Å². The van der Waals surface area contributed by atoms with Crippen LogP contribution in [0.2, 0.25) is 0 Å². The Hall–Kier alpha value is -0.570. The van der Waals surface area contributed by atoms with Crippen molar-refractivity contribution >= 4 is 5.97 Å². The zero-order valence-electron chi connectivity index (χ0n) is 11.6. The van der Waals surface area contributed by atoms with Gasteiger partial charge in [0.2, 0.25) is 0 Å². The summed E-state index contributed by atoms with van der Waals surface area (Å²) < 4.78 is 0. The Morgan fingerprint density at radius 2 is 2.06 bits per heavy atom. The molecule has 0 aromatic rings. The molecular formula is C14H27NO2. The molecule has 0 amide bonds. The van der Waals surface area contributed by atoms with Gasteiger partial charge in [-0.25, -0.2) is 0 Å². The van der Waals surface area contributed by atoms with E-state index in [1.807, 2.05) is 6.92 Å². The second-order valence-electron chi connectivity index (χ2n) is 5.79. The van der Waals surface area contributed by atoms with E-state index in [4.69, 9.17) is 5.11 Å². The van der Waals surface area contributed by atoms with Crippen molar-refractivity contribution in [3.8, 4) is 0 Å². The predicted octanol–water partition coefficient (Wildman–Crippen LogP) is 2.85. The van der Waals surface area contributed by atoms with E-state index in [-0.39, 0.29) is 5.92 Å². The van der Waals surface area contributed by atoms with Gasteiger partial charge >= 0.3 is 5.97 Å². The molecule has 100 valence electrons. The van der Waals surface area contributed by atoms with E-state index in [9.17, 15) is 4.79 Å². The average molecular weight is 241 g/mol. The van der Waals surface area contributed by atoms with Crippen LogP contribution in [0.3, 0.4) is 0 Å². The fourth-order valence-corrected chi connectivity index (χ4v) is 2.94. The van der Waals surface area contributed by atoms with E-state index in [2.05, 4.69) is 25.7 Å². The SMILES string of the molecule is CCN(CC(C)C(=O)O)C1CC(C)CCC1C. The van der Waals surface area contributed by atoms with Crippen molar-refractivity contribution in [3.05, 3.63) is 0 Å². The van der Waals surface area contributed by atoms with Gasteiger partial charge in [-0.05, 0) is 31.2 Å². The first kappa shape index (κ1) is 14.5. The fourth-order valence-electron chi connectivity index (χ4n) is 2.94. The summed E-state index contributed by atoms with van der Waals surface area (Å²) in [6.45, 7) is 10.2. The minimum Gasteiger partial charge on any atom is -0.481 e. The summed E-state index contributed by atoms with van der Waals surface area (Å²) in [5, 5.41) is 9.02. The number of carboxylic acids is 1. The van der Waals surface area contributed by atoms with Gasteiger partial charge in [-0.1, -0.05) is 34.1 Å². The van der Waals surface area contributed by atoms with Crippen molar-refractivity contribution in [1.82, 2.24) is 4.90 Å². The van der Waals surface area contributed by atoms with Gasteiger partial charge in [0, 0.05) is 12.6 Å². The molecule has 1 aliphatic rings. The maximum absolute atomic E-state index is 11.0. The zero-order valence-corrected chi connectivity index (χ0v) is 11.6. The lowest BCUT2D eigenvalue weighted by Gasteiger charge is -2.41. The molecule has 1 N–H and O–H groups in total. The van der Waals surface area contributed by atoms with Gasteiger partial charge in [0.05, 0.1) is 5.92 Å². The minimum absolute atomic E-state index is 0.264. The molecule has 4 unspecified atom stereocenters. The van der Waals surface area contributed by atoms with Gasteiger partial charge in [-0.3, -0.25) is 9.69 Å². The number of hydrogen-bond donors (Lipinski definition) is 1. The number of carboxylic acid groups (broad SMARTS) is 1. The van der Waals surface area contributed by atoms with Crippen LogP contribution in [0.15, 0.2) is 0 Å². The van der Waals surface area contributed by atoms with Crippen molar-refractivity contribution in [2.24, 2.45) is 17.8 Å². The molecule has 3 heteroatoms. The van der Waals surface area contributed by atoms with Crippen LogP contribution in [0.25, 0.3) is 0 Å². The molecular weight excluding hydrogens is 214 g/mol. The van der Waals surface area contributed by atoms with Crippen LogP contribution in [0.5, 0.6) is 0 Å². The third-order valence-corrected chi connectivity index (χ3v) is 4.22. The van der Waals surface area contributed by atoms with Crippen molar-refractivity contribution in [1.29, 1.82) is 0 Å². The van der Waals surface area contributed by atoms with Crippen LogP contribution in [0, 0.1) is 17.8 Å². The summed E-state index contributed by atoms with van der Waals surface area (Å²) in [5.74, 6) is 0.539. The number of hydrogen-bond acceptors (Lipinski definition) is 2. The fraction of sp³-hybridized carbons (Fsp3) is 0.929. The third kappa shape index (κ3) is 3.98. The number of nitrogens with zero attached hydrogens (tertiary/aromatic N) is 1. The highest BCUT2D eigenvalue weighted by Crippen LogP contribution is 2.32. The first-order valence-electron chi connectivity index (χ1n) is 6.92. The zero-order chi connectivity index (χ0) is 13.0. The normalized spacial score (nSPS) is 31.5. The average Bonchev–Trinajstić information content (AvgIpc) is 2.29. The minimum atomic E-state index is -0.681. The Morgan fingerprint density at radius 3 is 2.59 bits per heavy atom. The van der Waals surface area contributed by atoms with E-state index in [0.29, 0.717) is 18.5 Å². The second-order valence-corrected chi connectivity index (χ2v) is 5.79. The molecule has 0 bridgehead atoms. The van der Waals surface area contributed by atoms with Gasteiger partial charge in [0.25, 0.3) is 0 Å². The summed E-state index contributed by atoms with van der Waals surface area (Å²) in [5.41, 5.74) is 0. The second kappa shape index (κ2) is 6.39. The number of aliphatic carboxylic acids is 1. The highest BCUT2D eigenvalue weighted by atomic mass is 16.4. The Bertz CT molecular complexity index is 255. The van der Waals surface area contributed by atoms with Gasteiger partial charge in [0.15, 0.2) is 0 Å². The number of carbonyl (C=O) groups is 1. The first-order chi connectivity index (χ1) is 7.95. The van der Waals surface area contributed by atoms with Gasteiger partial charge in [0.1, 0.15) is 0 Å². The van der Waals surface area contributed by atoms with E-state index < -0.39 is 5.97 Å². The van der Waals surface area contributed by atoms with Gasteiger partial charge < -0.3 is 5.11 Å². The van der Waals surface area contributed by atoms with E-state index in [0.717, 1.165) is 12.5 Å². The van der Waals surface area contributed by atoms with Crippen molar-refractivity contribution in [2.45, 2.75) is 53.0 Å². The van der Waals surface area contributed by atoms with Gasteiger partial charge in [-0.15, -0.1) is 0 Å². The van der Waals surface area contributed by atoms with Crippen LogP contribution in [-0.2, 0) is 4.79 Å². The van der Waals surface area contributed by atoms with E-state index in [1.165, 1.54) is 19.3 Å². The van der Waals surface area contributed by atoms with Crippen LogP contribution < -0.4 is 0 Å². The summed E-state index contributed by atoms with van der Waals surface area (Å²) >= 11 is 0. The molecule has 0 spiro atoms. The van der Waals surface area contributed by atoms with E-state index in [1.54, 1.807) is 0 Å². The predicted molar refractivity (Wildman–Crippen MR) is 70.0 cm³/mol. The molecule has 17 heavy (non-hydrogen) atoms. The summed E-state index contributed by atoms with van der Waals surface area (Å²) in [4.78, 5) is 13.3. The Kier molecular flexibility index (Phi) is 5.44. The first-order valence-corrected chi connectivity index (χ1v) is 6.92. The van der Waals surface area contributed by atoms with Crippen molar-refractivity contribution in [3.63, 3.8) is 0 Å². The monoisotopic (exact) mass is 241 g/mol. The molecule has 0 aliphatic heterocycles. The molecule has 1 fully saturated rings. The largest absolute Gasteiger partial charge is 0.481 e. The Balaban J connectivity index is 2.61. The molecule has 4 atom stereocenters. The Labute approximate surface area is 105 Å². The quantitative estimate of drug-likeness (QED) is 0.804. The molecule has 1 saturated carbocycles. The molecule has 0 aromatic carbocycles. The highest BCUT2D eigenvalue weighted by Gasteiger charge is 2.30. The lowest BCUT2D eigenvalue weighted by molar-refractivity contribution is -0.142. The maximum atomic E-state index is 11.0. The van der Waals surface area contributed by atoms with Crippen molar-refractivity contribution < 1.29 is 9.90 Å². The van der Waals surface area contributed by atoms with Crippen LogP contribution in [0.1, 0.15) is 47.0 Å². The molecule has 0 aromatic heterocycles. The Morgan fingerprint density at radius 1 is 1.41 bits per heavy atom. The lowest BCUT2D eigenvalue weighted by atomic mass is 9.79. The maximum Gasteiger partial charge on any atom is 0.307 e. The van der Waals surface area contributed by atoms with Crippen LogP contribution >= 0.6 is 0 Å². The molecule has 0 radical (unpaired) electrons. The van der Waals surface area contributed by atoms with Crippen molar-refractivity contribution in [2.75, 3.05) is 13.1 Å².